The number of hydrogen-bond donors (Lipinski definition) is 0. The first-order valence-electron chi connectivity index (χ1n) is 3.72. The summed E-state index contributed by atoms with van der Waals surface area (Å²) in [4.78, 5) is 20.5. The fourth-order valence-electron chi connectivity index (χ4n) is 0.501. The quantitative estimate of drug-likeness (QED) is 0.206. The van der Waals surface area contributed by atoms with Gasteiger partial charge in [-0.1, -0.05) is 13.3 Å². The number of aliphatic carboxylic acids is 1. The third-order valence-corrected chi connectivity index (χ3v) is 1.10. The van der Waals surface area contributed by atoms with E-state index in [0.717, 1.165) is 18.9 Å². The van der Waals surface area contributed by atoms with Crippen LogP contribution >= 0.6 is 0 Å². The maximum Gasteiger partial charge on any atom is 1.00 e. The molecule has 0 aromatic heterocycles. The van der Waals surface area contributed by atoms with Gasteiger partial charge in [0.05, 0.1) is 12.6 Å². The first kappa shape index (κ1) is 15.8. The fourth-order valence-corrected chi connectivity index (χ4v) is 0.501. The Morgan fingerprint density at radius 2 is 2.00 bits per heavy atom. The number of esters is 1. The smallest absolute Gasteiger partial charge is 0.545 e. The van der Waals surface area contributed by atoms with Crippen molar-refractivity contribution in [1.29, 1.82) is 0 Å². The maximum absolute atomic E-state index is 10.6. The van der Waals surface area contributed by atoms with Crippen molar-refractivity contribution in [1.82, 2.24) is 0 Å². The van der Waals surface area contributed by atoms with Crippen LogP contribution in [0.3, 0.4) is 0 Å². The van der Waals surface area contributed by atoms with Gasteiger partial charge in [0.15, 0.2) is 0 Å². The summed E-state index contributed by atoms with van der Waals surface area (Å²) in [6.07, 6.45) is 3.20. The number of carbonyl (C=O) groups is 2. The van der Waals surface area contributed by atoms with Crippen LogP contribution in [0, 0.1) is 0 Å². The molecule has 0 unspecified atom stereocenters. The summed E-state index contributed by atoms with van der Waals surface area (Å²) in [6.45, 7) is 2.29. The molecular formula is C8H11KO4. The van der Waals surface area contributed by atoms with Crippen LogP contribution in [0.15, 0.2) is 12.2 Å². The molecule has 5 heteroatoms. The zero-order chi connectivity index (χ0) is 9.40. The number of hydrogen-bond acceptors (Lipinski definition) is 4. The number of rotatable bonds is 5. The number of carboxylic acid groups (broad SMARTS) is 1. The molecule has 0 fully saturated rings. The molecule has 68 valence electrons. The molecule has 0 heterocycles. The van der Waals surface area contributed by atoms with Gasteiger partial charge in [-0.15, -0.1) is 0 Å². The Bertz CT molecular complexity index is 189. The molecule has 0 N–H and O–H groups in total. The van der Waals surface area contributed by atoms with Crippen LogP contribution in [-0.4, -0.2) is 18.5 Å². The molecule has 0 aromatic rings. The van der Waals surface area contributed by atoms with Crippen LogP contribution in [0.4, 0.5) is 0 Å². The maximum atomic E-state index is 10.6. The van der Waals surface area contributed by atoms with Gasteiger partial charge in [-0.3, -0.25) is 0 Å². The van der Waals surface area contributed by atoms with Crippen molar-refractivity contribution in [3.05, 3.63) is 12.2 Å². The second-order valence-corrected chi connectivity index (χ2v) is 2.17. The molecule has 0 bridgehead atoms. The summed E-state index contributed by atoms with van der Waals surface area (Å²) in [5.74, 6) is -2.05. The van der Waals surface area contributed by atoms with Crippen molar-refractivity contribution in [2.75, 3.05) is 6.61 Å². The second-order valence-electron chi connectivity index (χ2n) is 2.17. The first-order chi connectivity index (χ1) is 5.66. The van der Waals surface area contributed by atoms with E-state index in [1.165, 1.54) is 0 Å². The van der Waals surface area contributed by atoms with Gasteiger partial charge >= 0.3 is 57.4 Å². The van der Waals surface area contributed by atoms with E-state index < -0.39 is 11.9 Å². The zero-order valence-electron chi connectivity index (χ0n) is 7.91. The van der Waals surface area contributed by atoms with Crippen LogP contribution in [0.1, 0.15) is 19.8 Å². The summed E-state index contributed by atoms with van der Waals surface area (Å²) in [7, 11) is 0. The Morgan fingerprint density at radius 1 is 1.38 bits per heavy atom. The van der Waals surface area contributed by atoms with E-state index in [-0.39, 0.29) is 51.4 Å². The van der Waals surface area contributed by atoms with Gasteiger partial charge in [0.2, 0.25) is 0 Å². The summed E-state index contributed by atoms with van der Waals surface area (Å²) in [6, 6.07) is 0. The topological polar surface area (TPSA) is 66.4 Å². The Kier molecular flexibility index (Phi) is 12.6. The minimum absolute atomic E-state index is 0. The molecule has 0 atom stereocenters. The van der Waals surface area contributed by atoms with Gasteiger partial charge in [0, 0.05) is 6.08 Å². The average Bonchev–Trinajstić information content (AvgIpc) is 2.01. The van der Waals surface area contributed by atoms with Crippen molar-refractivity contribution < 1.29 is 70.8 Å². The summed E-state index contributed by atoms with van der Waals surface area (Å²) < 4.78 is 4.62. The van der Waals surface area contributed by atoms with E-state index in [0.29, 0.717) is 12.7 Å². The van der Waals surface area contributed by atoms with E-state index >= 15 is 0 Å². The Morgan fingerprint density at radius 3 is 2.46 bits per heavy atom. The molecule has 0 radical (unpaired) electrons. The number of unbranched alkanes of at least 4 members (excludes halogenated alkanes) is 1. The third-order valence-electron chi connectivity index (χ3n) is 1.10. The van der Waals surface area contributed by atoms with Gasteiger partial charge in [-0.05, 0) is 12.5 Å². The minimum atomic E-state index is -1.40. The normalized spacial score (nSPS) is 9.31. The van der Waals surface area contributed by atoms with E-state index in [2.05, 4.69) is 4.74 Å². The molecule has 4 nitrogen and oxygen atoms in total. The van der Waals surface area contributed by atoms with Crippen molar-refractivity contribution in [3.8, 4) is 0 Å². The van der Waals surface area contributed by atoms with Crippen molar-refractivity contribution >= 4 is 11.9 Å². The molecule has 0 rings (SSSR count). The Hall–Kier alpha value is 0.316. The molecular weight excluding hydrogens is 199 g/mol. The predicted octanol–water partition coefficient (Wildman–Crippen LogP) is -3.36. The molecule has 0 aromatic carbocycles. The average molecular weight is 210 g/mol. The molecule has 0 aliphatic carbocycles. The molecule has 0 amide bonds. The van der Waals surface area contributed by atoms with Crippen LogP contribution < -0.4 is 56.5 Å². The van der Waals surface area contributed by atoms with Crippen molar-refractivity contribution in [2.24, 2.45) is 0 Å². The summed E-state index contributed by atoms with van der Waals surface area (Å²) in [5, 5.41) is 9.83. The number of carbonyl (C=O) groups excluding carboxylic acids is 2. The zero-order valence-corrected chi connectivity index (χ0v) is 11.0. The molecule has 0 spiro atoms. The third kappa shape index (κ3) is 12.3. The molecule has 0 aliphatic heterocycles. The monoisotopic (exact) mass is 210 g/mol. The predicted molar refractivity (Wildman–Crippen MR) is 40.0 cm³/mol. The van der Waals surface area contributed by atoms with Gasteiger partial charge < -0.3 is 14.6 Å². The molecule has 13 heavy (non-hydrogen) atoms. The van der Waals surface area contributed by atoms with E-state index in [1.54, 1.807) is 0 Å². The Balaban J connectivity index is 0. The largest absolute Gasteiger partial charge is 1.00 e. The van der Waals surface area contributed by atoms with Gasteiger partial charge in [0.25, 0.3) is 0 Å². The van der Waals surface area contributed by atoms with Crippen molar-refractivity contribution in [2.45, 2.75) is 19.8 Å². The molecule has 0 aliphatic rings. The molecule has 0 saturated heterocycles. The van der Waals surface area contributed by atoms with Crippen LogP contribution in [0.2, 0.25) is 0 Å². The van der Waals surface area contributed by atoms with Gasteiger partial charge in [-0.25, -0.2) is 4.79 Å². The SMILES string of the molecule is CCCCOC(=O)C=CC(=O)[O-].[K+]. The van der Waals surface area contributed by atoms with Gasteiger partial charge in [0.1, 0.15) is 0 Å². The van der Waals surface area contributed by atoms with Crippen LogP contribution in [-0.2, 0) is 14.3 Å². The number of carboxylic acids is 1. The van der Waals surface area contributed by atoms with E-state index in [9.17, 15) is 14.7 Å². The van der Waals surface area contributed by atoms with E-state index in [1.807, 2.05) is 6.92 Å². The summed E-state index contributed by atoms with van der Waals surface area (Å²) in [5.41, 5.74) is 0. The number of ether oxygens (including phenoxy) is 1. The van der Waals surface area contributed by atoms with E-state index in [4.69, 9.17) is 0 Å². The Labute approximate surface area is 120 Å². The minimum Gasteiger partial charge on any atom is -0.545 e. The summed E-state index contributed by atoms with van der Waals surface area (Å²) >= 11 is 0. The first-order valence-corrected chi connectivity index (χ1v) is 3.72. The van der Waals surface area contributed by atoms with Gasteiger partial charge in [-0.2, -0.15) is 0 Å². The van der Waals surface area contributed by atoms with Crippen molar-refractivity contribution in [3.63, 3.8) is 0 Å². The standard InChI is InChI=1S/C8H12O4.K/c1-2-3-6-12-8(11)5-4-7(9)10;/h4-5H,2-3,6H2,1H3,(H,9,10);/q;+1/p-1. The van der Waals surface area contributed by atoms with Crippen LogP contribution in [0.5, 0.6) is 0 Å². The molecule has 0 saturated carbocycles. The van der Waals surface area contributed by atoms with Crippen LogP contribution in [0.25, 0.3) is 0 Å². The fraction of sp³-hybridized carbons (Fsp3) is 0.500. The second kappa shape index (κ2) is 10.4.